The molecule has 0 saturated heterocycles. The van der Waals surface area contributed by atoms with E-state index in [1.807, 2.05) is 30.3 Å². The number of amides is 1. The first-order chi connectivity index (χ1) is 14.4. The molecule has 0 fully saturated rings. The summed E-state index contributed by atoms with van der Waals surface area (Å²) < 4.78 is 33.9. The van der Waals surface area contributed by atoms with Gasteiger partial charge >= 0.3 is 0 Å². The minimum absolute atomic E-state index is 0.0208. The van der Waals surface area contributed by atoms with Crippen molar-refractivity contribution < 1.29 is 18.3 Å². The third-order valence-corrected chi connectivity index (χ3v) is 6.32. The monoisotopic (exact) mass is 433 g/mol. The van der Waals surface area contributed by atoms with E-state index >= 15 is 0 Å². The van der Waals surface area contributed by atoms with Gasteiger partial charge in [-0.1, -0.05) is 42.1 Å². The summed E-state index contributed by atoms with van der Waals surface area (Å²) >= 11 is 1.24. The zero-order valence-electron chi connectivity index (χ0n) is 17.0. The Morgan fingerprint density at radius 2 is 2.00 bits per heavy atom. The fourth-order valence-corrected chi connectivity index (χ4v) is 4.84. The number of halogens is 2. The molecule has 0 saturated carbocycles. The lowest BCUT2D eigenvalue weighted by atomic mass is 10.00. The summed E-state index contributed by atoms with van der Waals surface area (Å²) in [6.45, 7) is 4.25. The average Bonchev–Trinajstić information content (AvgIpc) is 3.14. The van der Waals surface area contributed by atoms with Gasteiger partial charge in [-0.05, 0) is 57.0 Å². The number of nitrogens with two attached hydrogens (primary N) is 1. The number of carbonyl (C=O) groups is 1. The molecule has 1 unspecified atom stereocenters. The van der Waals surface area contributed by atoms with E-state index in [1.165, 1.54) is 16.8 Å². The number of ether oxygens (including phenoxy) is 1. The fourth-order valence-electron chi connectivity index (χ4n) is 3.41. The summed E-state index contributed by atoms with van der Waals surface area (Å²) in [5.74, 6) is -1.53. The van der Waals surface area contributed by atoms with Gasteiger partial charge in [0.2, 0.25) is 0 Å². The average molecular weight is 434 g/mol. The number of rotatable bonds is 8. The van der Waals surface area contributed by atoms with E-state index in [0.29, 0.717) is 26.0 Å². The standard InChI is InChI=1S/C22H25F2N3O2S/c1-3-29-15(2)21(28)27-22(12-7-13-25,16-8-5-4-6-9-16)30-20(26-27)18-14-17(23)10-11-19(18)24/h4-6,8-11,14-15H,3,7,12-13,25H2,1-2H3/t15-,22?/m0/s1. The molecule has 2 N–H and O–H groups in total. The molecule has 0 radical (unpaired) electrons. The van der Waals surface area contributed by atoms with Crippen LogP contribution in [0, 0.1) is 11.6 Å². The zero-order valence-corrected chi connectivity index (χ0v) is 17.8. The number of thioether (sulfide) groups is 1. The van der Waals surface area contributed by atoms with Crippen LogP contribution in [-0.2, 0) is 14.4 Å². The zero-order chi connectivity index (χ0) is 21.7. The van der Waals surface area contributed by atoms with Gasteiger partial charge < -0.3 is 10.5 Å². The van der Waals surface area contributed by atoms with Crippen LogP contribution in [0.4, 0.5) is 8.78 Å². The molecular weight excluding hydrogens is 408 g/mol. The molecule has 0 bridgehead atoms. The second-order valence-electron chi connectivity index (χ2n) is 6.92. The van der Waals surface area contributed by atoms with Crippen LogP contribution in [0.25, 0.3) is 0 Å². The molecule has 1 heterocycles. The maximum atomic E-state index is 14.5. The van der Waals surface area contributed by atoms with Crippen molar-refractivity contribution in [1.82, 2.24) is 5.01 Å². The van der Waals surface area contributed by atoms with Crippen molar-refractivity contribution in [3.05, 3.63) is 71.3 Å². The lowest BCUT2D eigenvalue weighted by Crippen LogP contribution is -2.46. The van der Waals surface area contributed by atoms with Gasteiger partial charge in [-0.3, -0.25) is 4.79 Å². The van der Waals surface area contributed by atoms with Crippen LogP contribution < -0.4 is 5.73 Å². The maximum absolute atomic E-state index is 14.5. The van der Waals surface area contributed by atoms with Gasteiger partial charge in [0, 0.05) is 12.2 Å². The van der Waals surface area contributed by atoms with Gasteiger partial charge in [-0.2, -0.15) is 5.10 Å². The molecule has 8 heteroatoms. The van der Waals surface area contributed by atoms with E-state index in [2.05, 4.69) is 5.10 Å². The molecule has 1 aliphatic rings. The van der Waals surface area contributed by atoms with E-state index < -0.39 is 22.6 Å². The van der Waals surface area contributed by atoms with Crippen LogP contribution in [0.2, 0.25) is 0 Å². The smallest absolute Gasteiger partial charge is 0.273 e. The Hall–Kier alpha value is -2.29. The Bertz CT molecular complexity index is 926. The second-order valence-corrected chi connectivity index (χ2v) is 8.19. The topological polar surface area (TPSA) is 67.9 Å². The van der Waals surface area contributed by atoms with Crippen molar-refractivity contribution in [3.8, 4) is 0 Å². The second kappa shape index (κ2) is 9.68. The molecule has 3 rings (SSSR count). The first kappa shape index (κ1) is 22.4. The van der Waals surface area contributed by atoms with Crippen molar-refractivity contribution in [2.45, 2.75) is 37.7 Å². The van der Waals surface area contributed by atoms with Crippen LogP contribution in [0.5, 0.6) is 0 Å². The fraction of sp³-hybridized carbons (Fsp3) is 0.364. The van der Waals surface area contributed by atoms with Crippen molar-refractivity contribution in [3.63, 3.8) is 0 Å². The lowest BCUT2D eigenvalue weighted by molar-refractivity contribution is -0.146. The first-order valence-electron chi connectivity index (χ1n) is 9.87. The molecule has 0 spiro atoms. The van der Waals surface area contributed by atoms with E-state index in [1.54, 1.807) is 13.8 Å². The summed E-state index contributed by atoms with van der Waals surface area (Å²) in [5, 5.41) is 6.09. The minimum atomic E-state index is -0.933. The van der Waals surface area contributed by atoms with Gasteiger partial charge in [0.25, 0.3) is 5.91 Å². The van der Waals surface area contributed by atoms with Gasteiger partial charge in [0.05, 0.1) is 0 Å². The first-order valence-corrected chi connectivity index (χ1v) is 10.7. The minimum Gasteiger partial charge on any atom is -0.369 e. The van der Waals surface area contributed by atoms with Crippen molar-refractivity contribution >= 4 is 22.7 Å². The predicted octanol–water partition coefficient (Wildman–Crippen LogP) is 4.22. The normalized spacial score (nSPS) is 19.6. The summed E-state index contributed by atoms with van der Waals surface area (Å²) in [5.41, 5.74) is 6.63. The summed E-state index contributed by atoms with van der Waals surface area (Å²) in [7, 11) is 0. The van der Waals surface area contributed by atoms with Crippen LogP contribution >= 0.6 is 11.8 Å². The Morgan fingerprint density at radius 1 is 1.27 bits per heavy atom. The predicted molar refractivity (Wildman–Crippen MR) is 115 cm³/mol. The SMILES string of the molecule is CCO[C@@H](C)C(=O)N1N=C(c2cc(F)ccc2F)SC1(CCCN)c1ccccc1. The van der Waals surface area contributed by atoms with E-state index in [0.717, 1.165) is 23.8 Å². The quantitative estimate of drug-likeness (QED) is 0.677. The highest BCUT2D eigenvalue weighted by molar-refractivity contribution is 8.15. The van der Waals surface area contributed by atoms with Gasteiger partial charge in [0.15, 0.2) is 0 Å². The third-order valence-electron chi connectivity index (χ3n) is 4.88. The molecule has 2 aromatic carbocycles. The number of hydrogen-bond acceptors (Lipinski definition) is 5. The van der Waals surface area contributed by atoms with Crippen LogP contribution in [0.3, 0.4) is 0 Å². The number of hydrazone groups is 1. The highest BCUT2D eigenvalue weighted by Crippen LogP contribution is 2.50. The Kier molecular flexibility index (Phi) is 7.23. The number of hydrogen-bond donors (Lipinski definition) is 1. The Morgan fingerprint density at radius 3 is 2.67 bits per heavy atom. The molecule has 1 amide bonds. The van der Waals surface area contributed by atoms with E-state index in [4.69, 9.17) is 10.5 Å². The van der Waals surface area contributed by atoms with Crippen molar-refractivity contribution in [2.75, 3.05) is 13.2 Å². The van der Waals surface area contributed by atoms with Crippen LogP contribution in [0.15, 0.2) is 53.6 Å². The number of benzene rings is 2. The number of nitrogens with zero attached hydrogens (tertiary/aromatic N) is 2. The molecule has 160 valence electrons. The summed E-state index contributed by atoms with van der Waals surface area (Å²) in [6.07, 6.45) is 0.368. The Balaban J connectivity index is 2.13. The van der Waals surface area contributed by atoms with Gasteiger partial charge in [-0.25, -0.2) is 13.8 Å². The van der Waals surface area contributed by atoms with E-state index in [-0.39, 0.29) is 16.5 Å². The number of carbonyl (C=O) groups excluding carboxylic acids is 1. The van der Waals surface area contributed by atoms with Gasteiger partial charge in [0.1, 0.15) is 27.7 Å². The molecule has 0 aliphatic carbocycles. The van der Waals surface area contributed by atoms with Gasteiger partial charge in [-0.15, -0.1) is 0 Å². The van der Waals surface area contributed by atoms with E-state index in [9.17, 15) is 13.6 Å². The molecule has 5 nitrogen and oxygen atoms in total. The third kappa shape index (κ3) is 4.40. The highest BCUT2D eigenvalue weighted by atomic mass is 32.2. The molecule has 2 aromatic rings. The Labute approximate surface area is 179 Å². The van der Waals surface area contributed by atoms with Crippen LogP contribution in [-0.4, -0.2) is 35.2 Å². The highest BCUT2D eigenvalue weighted by Gasteiger charge is 2.49. The van der Waals surface area contributed by atoms with Crippen molar-refractivity contribution in [2.24, 2.45) is 10.8 Å². The molecule has 2 atom stereocenters. The maximum Gasteiger partial charge on any atom is 0.273 e. The van der Waals surface area contributed by atoms with Crippen molar-refractivity contribution in [1.29, 1.82) is 0 Å². The summed E-state index contributed by atoms with van der Waals surface area (Å²) in [4.78, 5) is 12.4. The molecule has 0 aromatic heterocycles. The van der Waals surface area contributed by atoms with Crippen LogP contribution in [0.1, 0.15) is 37.8 Å². The summed E-state index contributed by atoms with van der Waals surface area (Å²) in [6, 6.07) is 12.6. The largest absolute Gasteiger partial charge is 0.369 e. The lowest BCUT2D eigenvalue weighted by Gasteiger charge is -2.37. The molecular formula is C22H25F2N3O2S. The molecule has 30 heavy (non-hydrogen) atoms. The molecule has 1 aliphatic heterocycles.